The molecular weight excluding hydrogens is 241 g/mol. The number of alkyl halides is 3. The molecular formula is C13H25F3N2. The smallest absolute Gasteiger partial charge is 0.306 e. The summed E-state index contributed by atoms with van der Waals surface area (Å²) in [5.74, 6) is 0. The number of nitrogens with zero attached hydrogens (tertiary/aromatic N) is 1. The summed E-state index contributed by atoms with van der Waals surface area (Å²) < 4.78 is 36.4. The Kier molecular flexibility index (Phi) is 6.43. The highest BCUT2D eigenvalue weighted by molar-refractivity contribution is 4.80. The zero-order chi connectivity index (χ0) is 13.6. The van der Waals surface area contributed by atoms with Crippen molar-refractivity contribution in [3.05, 3.63) is 0 Å². The third-order valence-electron chi connectivity index (χ3n) is 3.54. The second kappa shape index (κ2) is 7.34. The predicted molar refractivity (Wildman–Crippen MR) is 67.6 cm³/mol. The zero-order valence-electron chi connectivity index (χ0n) is 11.4. The summed E-state index contributed by atoms with van der Waals surface area (Å²) in [6, 6.07) is 0.378. The van der Waals surface area contributed by atoms with Gasteiger partial charge >= 0.3 is 6.18 Å². The van der Waals surface area contributed by atoms with Crippen LogP contribution in [0.15, 0.2) is 0 Å². The molecule has 0 aliphatic carbocycles. The first-order valence-corrected chi connectivity index (χ1v) is 6.96. The van der Waals surface area contributed by atoms with Gasteiger partial charge in [-0.1, -0.05) is 13.3 Å². The fraction of sp³-hybridized carbons (Fsp3) is 1.00. The molecule has 0 bridgehead atoms. The van der Waals surface area contributed by atoms with Crippen LogP contribution in [0.2, 0.25) is 0 Å². The maximum atomic E-state index is 12.1. The average Bonchev–Trinajstić information content (AvgIpc) is 2.29. The molecule has 0 spiro atoms. The lowest BCUT2D eigenvalue weighted by Gasteiger charge is -2.37. The highest BCUT2D eigenvalue weighted by atomic mass is 19.4. The first-order valence-electron chi connectivity index (χ1n) is 6.96. The fourth-order valence-electron chi connectivity index (χ4n) is 2.69. The molecule has 0 aromatic rings. The molecule has 1 rings (SSSR count). The van der Waals surface area contributed by atoms with Gasteiger partial charge in [0.25, 0.3) is 0 Å². The van der Waals surface area contributed by atoms with E-state index in [4.69, 9.17) is 0 Å². The summed E-state index contributed by atoms with van der Waals surface area (Å²) in [5.41, 5.74) is 0. The number of hydrogen-bond acceptors (Lipinski definition) is 2. The van der Waals surface area contributed by atoms with Crippen LogP contribution in [0.3, 0.4) is 0 Å². The van der Waals surface area contributed by atoms with Gasteiger partial charge in [-0.2, -0.15) is 13.2 Å². The van der Waals surface area contributed by atoms with Gasteiger partial charge in [-0.25, -0.2) is 0 Å². The summed E-state index contributed by atoms with van der Waals surface area (Å²) in [6.07, 6.45) is 1.37. The van der Waals surface area contributed by atoms with Gasteiger partial charge in [0.1, 0.15) is 0 Å². The van der Waals surface area contributed by atoms with Crippen LogP contribution in [0.1, 0.15) is 46.0 Å². The maximum absolute atomic E-state index is 12.1. The Bertz CT molecular complexity index is 229. The Balaban J connectivity index is 2.34. The molecule has 108 valence electrons. The van der Waals surface area contributed by atoms with E-state index >= 15 is 0 Å². The van der Waals surface area contributed by atoms with Gasteiger partial charge in [-0.15, -0.1) is 0 Å². The van der Waals surface area contributed by atoms with Gasteiger partial charge < -0.3 is 10.2 Å². The van der Waals surface area contributed by atoms with Gasteiger partial charge in [-0.3, -0.25) is 0 Å². The maximum Gasteiger partial charge on any atom is 0.401 e. The molecule has 0 saturated carbocycles. The minimum absolute atomic E-state index is 0.0749. The molecule has 2 atom stereocenters. The van der Waals surface area contributed by atoms with Crippen molar-refractivity contribution in [3.8, 4) is 0 Å². The van der Waals surface area contributed by atoms with Crippen molar-refractivity contribution < 1.29 is 13.2 Å². The van der Waals surface area contributed by atoms with Crippen LogP contribution in [-0.2, 0) is 0 Å². The van der Waals surface area contributed by atoms with Gasteiger partial charge in [0, 0.05) is 12.1 Å². The molecule has 0 radical (unpaired) electrons. The Labute approximate surface area is 108 Å². The molecule has 18 heavy (non-hydrogen) atoms. The number of halogens is 3. The Morgan fingerprint density at radius 1 is 1.33 bits per heavy atom. The van der Waals surface area contributed by atoms with E-state index in [9.17, 15) is 13.2 Å². The lowest BCUT2D eigenvalue weighted by Crippen LogP contribution is -2.45. The van der Waals surface area contributed by atoms with Crippen LogP contribution in [0, 0.1) is 0 Å². The van der Waals surface area contributed by atoms with E-state index in [2.05, 4.69) is 17.1 Å². The van der Waals surface area contributed by atoms with Crippen LogP contribution < -0.4 is 5.32 Å². The van der Waals surface area contributed by atoms with Crippen molar-refractivity contribution in [2.75, 3.05) is 19.6 Å². The topological polar surface area (TPSA) is 15.3 Å². The molecule has 1 aliphatic rings. The summed E-state index contributed by atoms with van der Waals surface area (Å²) in [5, 5.41) is 2.58. The molecule has 2 nitrogen and oxygen atoms in total. The molecule has 0 amide bonds. The highest BCUT2D eigenvalue weighted by Crippen LogP contribution is 2.21. The third kappa shape index (κ3) is 6.05. The number of piperidine rings is 1. The molecule has 0 aromatic carbocycles. The molecule has 0 aromatic heterocycles. The quantitative estimate of drug-likeness (QED) is 0.794. The Morgan fingerprint density at radius 2 is 2.06 bits per heavy atom. The van der Waals surface area contributed by atoms with E-state index in [1.807, 2.05) is 6.92 Å². The molecule has 1 heterocycles. The van der Waals surface area contributed by atoms with E-state index in [0.29, 0.717) is 6.04 Å². The molecule has 2 unspecified atom stereocenters. The lowest BCUT2D eigenvalue weighted by molar-refractivity contribution is -0.126. The molecule has 1 saturated heterocycles. The van der Waals surface area contributed by atoms with Gasteiger partial charge in [0.2, 0.25) is 0 Å². The van der Waals surface area contributed by atoms with Crippen LogP contribution in [0.4, 0.5) is 13.2 Å². The van der Waals surface area contributed by atoms with Crippen LogP contribution in [0.5, 0.6) is 0 Å². The second-order valence-electron chi connectivity index (χ2n) is 5.32. The SMILES string of the molecule is CCCN1CCCCC1CC(C)NCC(F)(F)F. The number of rotatable bonds is 6. The standard InChI is InChI=1S/C13H25F3N2/c1-3-7-18-8-5-4-6-12(18)9-11(2)17-10-13(14,15)16/h11-12,17H,3-10H2,1-2H3. The normalized spacial score (nSPS) is 24.2. The average molecular weight is 266 g/mol. The minimum atomic E-state index is -4.11. The van der Waals surface area contributed by atoms with Crippen molar-refractivity contribution >= 4 is 0 Å². The van der Waals surface area contributed by atoms with Crippen molar-refractivity contribution in [1.82, 2.24) is 10.2 Å². The zero-order valence-corrected chi connectivity index (χ0v) is 11.4. The van der Waals surface area contributed by atoms with Crippen LogP contribution >= 0.6 is 0 Å². The molecule has 5 heteroatoms. The first-order chi connectivity index (χ1) is 8.42. The Hall–Kier alpha value is -0.290. The van der Waals surface area contributed by atoms with Gasteiger partial charge in [0.15, 0.2) is 0 Å². The summed E-state index contributed by atoms with van der Waals surface area (Å²) >= 11 is 0. The number of hydrogen-bond donors (Lipinski definition) is 1. The monoisotopic (exact) mass is 266 g/mol. The molecule has 1 N–H and O–H groups in total. The second-order valence-corrected chi connectivity index (χ2v) is 5.32. The number of likely N-dealkylation sites (tertiary alicyclic amines) is 1. The predicted octanol–water partition coefficient (Wildman–Crippen LogP) is 3.18. The van der Waals surface area contributed by atoms with Crippen molar-refractivity contribution in [3.63, 3.8) is 0 Å². The van der Waals surface area contributed by atoms with Crippen LogP contribution in [0.25, 0.3) is 0 Å². The molecule has 1 fully saturated rings. The van der Waals surface area contributed by atoms with Gasteiger partial charge in [0.05, 0.1) is 6.54 Å². The first kappa shape index (κ1) is 15.8. The third-order valence-corrected chi connectivity index (χ3v) is 3.54. The van der Waals surface area contributed by atoms with Crippen molar-refractivity contribution in [1.29, 1.82) is 0 Å². The van der Waals surface area contributed by atoms with Gasteiger partial charge in [-0.05, 0) is 45.7 Å². The summed E-state index contributed by atoms with van der Waals surface area (Å²) in [7, 11) is 0. The largest absolute Gasteiger partial charge is 0.401 e. The number of nitrogens with one attached hydrogen (secondary N) is 1. The van der Waals surface area contributed by atoms with E-state index in [1.54, 1.807) is 0 Å². The Morgan fingerprint density at radius 3 is 2.67 bits per heavy atom. The summed E-state index contributed by atoms with van der Waals surface area (Å²) in [4.78, 5) is 2.44. The van der Waals surface area contributed by atoms with E-state index < -0.39 is 12.7 Å². The summed E-state index contributed by atoms with van der Waals surface area (Å²) in [6.45, 7) is 5.29. The van der Waals surface area contributed by atoms with Crippen LogP contribution in [-0.4, -0.2) is 42.8 Å². The fourth-order valence-corrected chi connectivity index (χ4v) is 2.69. The van der Waals surface area contributed by atoms with E-state index in [1.165, 1.54) is 12.8 Å². The van der Waals surface area contributed by atoms with Crippen molar-refractivity contribution in [2.45, 2.75) is 64.2 Å². The molecule has 1 aliphatic heterocycles. The highest BCUT2D eigenvalue weighted by Gasteiger charge is 2.29. The van der Waals surface area contributed by atoms with E-state index in [0.717, 1.165) is 32.4 Å². The van der Waals surface area contributed by atoms with E-state index in [-0.39, 0.29) is 6.04 Å². The minimum Gasteiger partial charge on any atom is -0.306 e. The lowest BCUT2D eigenvalue weighted by atomic mass is 9.96. The van der Waals surface area contributed by atoms with Crippen molar-refractivity contribution in [2.24, 2.45) is 0 Å².